The van der Waals surface area contributed by atoms with E-state index in [0.29, 0.717) is 6.17 Å². The van der Waals surface area contributed by atoms with Gasteiger partial charge in [-0.15, -0.1) is 0 Å². The van der Waals surface area contributed by atoms with Crippen molar-refractivity contribution in [3.8, 4) is 0 Å². The summed E-state index contributed by atoms with van der Waals surface area (Å²) in [6.45, 7) is 9.49. The molecule has 0 fully saturated rings. The monoisotopic (exact) mass is 659 g/mol. The Hall–Kier alpha value is -0.660. The van der Waals surface area contributed by atoms with Crippen LogP contribution in [-0.2, 0) is 0 Å². The minimum absolute atomic E-state index is 0.638. The zero-order valence-electron chi connectivity index (χ0n) is 33.2. The molecule has 1 atom stereocenters. The summed E-state index contributed by atoms with van der Waals surface area (Å²) in [4.78, 5) is 5.46. The molecule has 0 saturated carbocycles. The van der Waals surface area contributed by atoms with Gasteiger partial charge in [0, 0.05) is 25.5 Å². The van der Waals surface area contributed by atoms with Crippen molar-refractivity contribution in [2.75, 3.05) is 13.1 Å². The summed E-state index contributed by atoms with van der Waals surface area (Å²) in [6, 6.07) is 0. The van der Waals surface area contributed by atoms with Crippen molar-refractivity contribution in [1.29, 1.82) is 0 Å². The summed E-state index contributed by atoms with van der Waals surface area (Å²) in [7, 11) is 0. The van der Waals surface area contributed by atoms with Gasteiger partial charge in [0.25, 0.3) is 0 Å². The van der Waals surface area contributed by atoms with Crippen molar-refractivity contribution in [2.45, 2.75) is 265 Å². The lowest BCUT2D eigenvalue weighted by Crippen LogP contribution is -2.39. The summed E-state index contributed by atoms with van der Waals surface area (Å²) in [5.74, 6) is 0. The molecule has 47 heavy (non-hydrogen) atoms. The second-order valence-electron chi connectivity index (χ2n) is 15.7. The van der Waals surface area contributed by atoms with Gasteiger partial charge in [-0.3, -0.25) is 0 Å². The number of nitrogens with zero attached hydrogens (tertiary/aromatic N) is 2. The molecule has 2 heteroatoms. The first-order valence-electron chi connectivity index (χ1n) is 22.5. The maximum Gasteiger partial charge on any atom is 0.101 e. The molecule has 1 rings (SSSR count). The van der Waals surface area contributed by atoms with Crippen molar-refractivity contribution in [3.05, 3.63) is 12.4 Å². The first kappa shape index (κ1) is 44.4. The predicted molar refractivity (Wildman–Crippen MR) is 214 cm³/mol. The van der Waals surface area contributed by atoms with Gasteiger partial charge in [-0.05, 0) is 25.7 Å². The molecule has 0 aromatic carbocycles. The molecular formula is C45H90N2. The molecule has 280 valence electrons. The molecule has 0 bridgehead atoms. The van der Waals surface area contributed by atoms with Gasteiger partial charge < -0.3 is 9.80 Å². The van der Waals surface area contributed by atoms with E-state index in [4.69, 9.17) is 0 Å². The van der Waals surface area contributed by atoms with Gasteiger partial charge >= 0.3 is 0 Å². The van der Waals surface area contributed by atoms with Crippen LogP contribution in [0.25, 0.3) is 0 Å². The standard InChI is InChI=1S/C45H90N2/c1-4-7-10-13-16-19-21-23-25-27-30-33-36-39-42-47-44-43-46(45(47)40-37-34-31-28-18-15-12-9-6-3)41-38-35-32-29-26-24-22-20-17-14-11-8-5-2/h43-45H,4-42H2,1-3H3. The van der Waals surface area contributed by atoms with Crippen molar-refractivity contribution in [3.63, 3.8) is 0 Å². The SMILES string of the molecule is CCCCCCCCCCCCCCCCN1C=CN(CCCCCCCCCCCCCCC)C1CCCCCCCCCCC. The molecule has 2 nitrogen and oxygen atoms in total. The smallest absolute Gasteiger partial charge is 0.101 e. The van der Waals surface area contributed by atoms with Gasteiger partial charge in [0.2, 0.25) is 0 Å². The minimum atomic E-state index is 0.638. The van der Waals surface area contributed by atoms with E-state index in [2.05, 4.69) is 43.0 Å². The Morgan fingerprint density at radius 1 is 0.277 bits per heavy atom. The highest BCUT2D eigenvalue weighted by atomic mass is 15.4. The van der Waals surface area contributed by atoms with E-state index in [1.54, 1.807) is 0 Å². The van der Waals surface area contributed by atoms with Gasteiger partial charge in [-0.2, -0.15) is 0 Å². The average Bonchev–Trinajstić information content (AvgIpc) is 3.47. The molecule has 0 radical (unpaired) electrons. The lowest BCUT2D eigenvalue weighted by Gasteiger charge is -2.33. The van der Waals surface area contributed by atoms with Gasteiger partial charge in [0.15, 0.2) is 0 Å². The van der Waals surface area contributed by atoms with E-state index in [-0.39, 0.29) is 0 Å². The van der Waals surface area contributed by atoms with Gasteiger partial charge in [-0.1, -0.05) is 233 Å². The molecule has 0 spiro atoms. The average molecular weight is 659 g/mol. The molecule has 0 aromatic rings. The van der Waals surface area contributed by atoms with Crippen molar-refractivity contribution in [2.24, 2.45) is 0 Å². The molecule has 0 aromatic heterocycles. The molecule has 0 amide bonds. The second-order valence-corrected chi connectivity index (χ2v) is 15.7. The summed E-state index contributed by atoms with van der Waals surface area (Å²) >= 11 is 0. The fourth-order valence-electron chi connectivity index (χ4n) is 7.78. The minimum Gasteiger partial charge on any atom is -0.356 e. The Morgan fingerprint density at radius 3 is 0.745 bits per heavy atom. The molecule has 1 aliphatic rings. The van der Waals surface area contributed by atoms with E-state index in [1.807, 2.05) is 0 Å². The summed E-state index contributed by atoms with van der Waals surface area (Å²) < 4.78 is 0. The topological polar surface area (TPSA) is 6.48 Å². The van der Waals surface area contributed by atoms with Crippen LogP contribution in [0.2, 0.25) is 0 Å². The maximum atomic E-state index is 2.73. The van der Waals surface area contributed by atoms with Crippen LogP contribution in [0.5, 0.6) is 0 Å². The third-order valence-electron chi connectivity index (χ3n) is 11.1. The van der Waals surface area contributed by atoms with E-state index < -0.39 is 0 Å². The van der Waals surface area contributed by atoms with Crippen LogP contribution in [0.15, 0.2) is 12.4 Å². The number of hydrogen-bond acceptors (Lipinski definition) is 2. The van der Waals surface area contributed by atoms with E-state index >= 15 is 0 Å². The fraction of sp³-hybridized carbons (Fsp3) is 0.956. The normalized spacial score (nSPS) is 14.7. The zero-order chi connectivity index (χ0) is 33.7. The summed E-state index contributed by atoms with van der Waals surface area (Å²) in [5.41, 5.74) is 0. The fourth-order valence-corrected chi connectivity index (χ4v) is 7.78. The molecular weight excluding hydrogens is 569 g/mol. The Kier molecular flexibility index (Phi) is 34.6. The van der Waals surface area contributed by atoms with Crippen LogP contribution in [-0.4, -0.2) is 29.1 Å². The quantitative estimate of drug-likeness (QED) is 0.0606. The van der Waals surface area contributed by atoms with Crippen LogP contribution < -0.4 is 0 Å². The number of unbranched alkanes of at least 4 members (excludes halogenated alkanes) is 33. The predicted octanol–water partition coefficient (Wildman–Crippen LogP) is 15.9. The van der Waals surface area contributed by atoms with E-state index in [9.17, 15) is 0 Å². The van der Waals surface area contributed by atoms with Crippen LogP contribution >= 0.6 is 0 Å². The highest BCUT2D eigenvalue weighted by Gasteiger charge is 2.24. The Labute approximate surface area is 299 Å². The zero-order valence-corrected chi connectivity index (χ0v) is 33.2. The molecule has 0 saturated heterocycles. The van der Waals surface area contributed by atoms with Crippen molar-refractivity contribution >= 4 is 0 Å². The molecule has 1 heterocycles. The largest absolute Gasteiger partial charge is 0.356 e. The van der Waals surface area contributed by atoms with E-state index in [0.717, 1.165) is 0 Å². The maximum absolute atomic E-state index is 2.73. The lowest BCUT2D eigenvalue weighted by atomic mass is 10.0. The van der Waals surface area contributed by atoms with Gasteiger partial charge in [-0.25, -0.2) is 0 Å². The highest BCUT2D eigenvalue weighted by Crippen LogP contribution is 2.24. The Bertz CT molecular complexity index is 615. The summed E-state index contributed by atoms with van der Waals surface area (Å²) in [5, 5.41) is 0. The van der Waals surface area contributed by atoms with Crippen molar-refractivity contribution in [1.82, 2.24) is 9.80 Å². The Balaban J connectivity index is 2.19. The molecule has 0 N–H and O–H groups in total. The van der Waals surface area contributed by atoms with Crippen LogP contribution in [0.3, 0.4) is 0 Å². The highest BCUT2D eigenvalue weighted by molar-refractivity contribution is 4.97. The van der Waals surface area contributed by atoms with E-state index in [1.165, 1.54) is 251 Å². The van der Waals surface area contributed by atoms with Crippen LogP contribution in [0.4, 0.5) is 0 Å². The van der Waals surface area contributed by atoms with Crippen LogP contribution in [0, 0.1) is 0 Å². The first-order chi connectivity index (χ1) is 23.3. The second kappa shape index (κ2) is 36.6. The summed E-state index contributed by atoms with van der Waals surface area (Å²) in [6.07, 6.45) is 58.9. The molecule has 1 aliphatic heterocycles. The van der Waals surface area contributed by atoms with Crippen LogP contribution in [0.1, 0.15) is 258 Å². The molecule has 0 aliphatic carbocycles. The Morgan fingerprint density at radius 2 is 0.489 bits per heavy atom. The third kappa shape index (κ3) is 28.8. The third-order valence-corrected chi connectivity index (χ3v) is 11.1. The first-order valence-corrected chi connectivity index (χ1v) is 22.5. The number of rotatable bonds is 39. The van der Waals surface area contributed by atoms with Crippen molar-refractivity contribution < 1.29 is 0 Å². The van der Waals surface area contributed by atoms with Gasteiger partial charge in [0.1, 0.15) is 6.17 Å². The molecule has 1 unspecified atom stereocenters. The van der Waals surface area contributed by atoms with Gasteiger partial charge in [0.05, 0.1) is 0 Å². The number of hydrogen-bond donors (Lipinski definition) is 0. The lowest BCUT2D eigenvalue weighted by molar-refractivity contribution is 0.135.